The molecule has 248 valence electrons. The highest BCUT2D eigenvalue weighted by atomic mass is 16.5. The van der Waals surface area contributed by atoms with E-state index < -0.39 is 46.6 Å². The molecule has 0 aliphatic heterocycles. The lowest BCUT2D eigenvalue weighted by Crippen LogP contribution is -2.65. The molecule has 0 heterocycles. The van der Waals surface area contributed by atoms with Gasteiger partial charge in [0.2, 0.25) is 0 Å². The summed E-state index contributed by atoms with van der Waals surface area (Å²) >= 11 is 0. The van der Waals surface area contributed by atoms with Crippen molar-refractivity contribution in [3.8, 4) is 0 Å². The molecule has 2 fully saturated rings. The molecule has 0 aromatic carbocycles. The monoisotopic (exact) mass is 614 g/mol. The summed E-state index contributed by atoms with van der Waals surface area (Å²) in [6.45, 7) is 16.0. The van der Waals surface area contributed by atoms with Gasteiger partial charge in [0.15, 0.2) is 5.78 Å². The predicted octanol–water partition coefficient (Wildman–Crippen LogP) is 6.74. The minimum Gasteiger partial charge on any atom is -0.491 e. The zero-order valence-corrected chi connectivity index (χ0v) is 28.1. The molecular formula is C37H58O7. The maximum atomic E-state index is 14.7. The highest BCUT2D eigenvalue weighted by molar-refractivity contribution is 5.95. The van der Waals surface area contributed by atoms with Gasteiger partial charge in [-0.25, -0.2) is 0 Å². The van der Waals surface area contributed by atoms with Crippen molar-refractivity contribution in [2.75, 3.05) is 6.61 Å². The molecule has 8 atom stereocenters. The van der Waals surface area contributed by atoms with Gasteiger partial charge in [-0.05, 0) is 43.3 Å². The van der Waals surface area contributed by atoms with E-state index in [1.54, 1.807) is 19.1 Å². The van der Waals surface area contributed by atoms with Crippen molar-refractivity contribution in [1.82, 2.24) is 0 Å². The van der Waals surface area contributed by atoms with Crippen molar-refractivity contribution in [1.29, 1.82) is 0 Å². The molecule has 5 unspecified atom stereocenters. The Hall–Kier alpha value is -1.96. The highest BCUT2D eigenvalue weighted by Gasteiger charge is 2.82. The van der Waals surface area contributed by atoms with Crippen molar-refractivity contribution in [2.24, 2.45) is 28.6 Å². The number of rotatable bonds is 16. The molecule has 0 amide bonds. The molecule has 0 aromatic rings. The van der Waals surface area contributed by atoms with E-state index in [0.29, 0.717) is 18.4 Å². The third kappa shape index (κ3) is 5.64. The third-order valence-corrected chi connectivity index (χ3v) is 11.6. The molecule has 4 rings (SSSR count). The average molecular weight is 615 g/mol. The normalized spacial score (nSPS) is 36.8. The smallest absolute Gasteiger partial charge is 0.306 e. The Morgan fingerprint density at radius 3 is 2.20 bits per heavy atom. The molecule has 4 aliphatic rings. The molecule has 2 saturated carbocycles. The SMILES string of the molecule is C=C(CCCCCCCCCCC)O[C@@]12C[C@@H](C)C34C=C(C)C(O)C3(O)C(O)C(COC(=O)CCC)=CC(C4=O)[C@@H]1C2(C)C. The summed E-state index contributed by atoms with van der Waals surface area (Å²) in [5.41, 5.74) is -4.08. The zero-order chi connectivity index (χ0) is 32.5. The van der Waals surface area contributed by atoms with E-state index in [2.05, 4.69) is 27.4 Å². The van der Waals surface area contributed by atoms with Crippen LogP contribution in [-0.2, 0) is 19.1 Å². The molecule has 1 spiro atoms. The predicted molar refractivity (Wildman–Crippen MR) is 171 cm³/mol. The lowest BCUT2D eigenvalue weighted by molar-refractivity contribution is -0.191. The van der Waals surface area contributed by atoms with Crippen molar-refractivity contribution in [3.05, 3.63) is 35.6 Å². The Kier molecular flexibility index (Phi) is 10.6. The molecule has 7 nitrogen and oxygen atoms in total. The summed E-state index contributed by atoms with van der Waals surface area (Å²) in [4.78, 5) is 27.0. The molecule has 4 aliphatic carbocycles. The molecule has 44 heavy (non-hydrogen) atoms. The van der Waals surface area contributed by atoms with Crippen molar-refractivity contribution >= 4 is 11.8 Å². The van der Waals surface area contributed by atoms with Crippen LogP contribution in [0.15, 0.2) is 35.6 Å². The van der Waals surface area contributed by atoms with E-state index in [4.69, 9.17) is 9.47 Å². The number of Topliss-reactive ketones (excluding diaryl/α,β-unsaturated/α-hetero) is 1. The van der Waals surface area contributed by atoms with Crippen LogP contribution in [0.4, 0.5) is 0 Å². The highest BCUT2D eigenvalue weighted by Crippen LogP contribution is 2.75. The Morgan fingerprint density at radius 2 is 1.59 bits per heavy atom. The van der Waals surface area contributed by atoms with Crippen LogP contribution in [0.25, 0.3) is 0 Å². The van der Waals surface area contributed by atoms with Gasteiger partial charge >= 0.3 is 5.97 Å². The van der Waals surface area contributed by atoms with Crippen LogP contribution in [0.5, 0.6) is 0 Å². The number of ketones is 1. The number of esters is 1. The second kappa shape index (κ2) is 13.4. The molecule has 0 radical (unpaired) electrons. The van der Waals surface area contributed by atoms with E-state index in [-0.39, 0.29) is 35.7 Å². The van der Waals surface area contributed by atoms with Gasteiger partial charge in [0.25, 0.3) is 0 Å². The maximum absolute atomic E-state index is 14.7. The number of ether oxygens (including phenoxy) is 2. The standard InChI is InChI=1S/C37H58O7/c1-8-10-11-12-13-14-15-16-17-19-26(5)44-36-22-25(4)35-21-24(3)31(39)37(35,42)32(40)27(23-43-29(38)18-9-2)20-28(33(35)41)30(36)34(36,6)7/h20-21,25,28,30-32,39-40,42H,5,8-19,22-23H2,1-4,6-7H3/t25-,28?,30-,31?,32?,35?,36+,37?/m1/s1. The number of fused-ring (bicyclic) bond motifs is 3. The minimum absolute atomic E-state index is 0.220. The van der Waals surface area contributed by atoms with Crippen molar-refractivity contribution in [3.63, 3.8) is 0 Å². The van der Waals surface area contributed by atoms with Gasteiger partial charge in [-0.2, -0.15) is 0 Å². The van der Waals surface area contributed by atoms with Crippen LogP contribution in [0, 0.1) is 28.6 Å². The summed E-state index contributed by atoms with van der Waals surface area (Å²) in [7, 11) is 0. The summed E-state index contributed by atoms with van der Waals surface area (Å²) in [6.07, 6.45) is 13.6. The first-order valence-electron chi connectivity index (χ1n) is 17.3. The first-order chi connectivity index (χ1) is 20.8. The lowest BCUT2D eigenvalue weighted by Gasteiger charge is -2.48. The molecular weight excluding hydrogens is 556 g/mol. The second-order valence-corrected chi connectivity index (χ2v) is 14.8. The Balaban J connectivity index is 1.58. The number of hydrogen-bond acceptors (Lipinski definition) is 7. The first kappa shape index (κ1) is 34.9. The van der Waals surface area contributed by atoms with Gasteiger partial charge in [-0.15, -0.1) is 0 Å². The lowest BCUT2D eigenvalue weighted by atomic mass is 9.59. The zero-order valence-electron chi connectivity index (χ0n) is 28.1. The quantitative estimate of drug-likeness (QED) is 0.0764. The van der Waals surface area contributed by atoms with E-state index in [0.717, 1.165) is 25.0 Å². The van der Waals surface area contributed by atoms with Crippen LogP contribution in [0.2, 0.25) is 0 Å². The fourth-order valence-electron chi connectivity index (χ4n) is 9.10. The summed E-state index contributed by atoms with van der Waals surface area (Å²) < 4.78 is 12.3. The van der Waals surface area contributed by atoms with Crippen LogP contribution in [-0.4, -0.2) is 57.1 Å². The molecule has 0 aromatic heterocycles. The Morgan fingerprint density at radius 1 is 0.977 bits per heavy atom. The van der Waals surface area contributed by atoms with Gasteiger partial charge in [0.1, 0.15) is 30.0 Å². The number of hydrogen-bond donors (Lipinski definition) is 3. The van der Waals surface area contributed by atoms with Gasteiger partial charge in [0.05, 0.1) is 11.2 Å². The molecule has 3 N–H and O–H groups in total. The van der Waals surface area contributed by atoms with Gasteiger partial charge < -0.3 is 24.8 Å². The number of aliphatic hydroxyl groups is 3. The van der Waals surface area contributed by atoms with Crippen LogP contribution in [0.1, 0.15) is 125 Å². The van der Waals surface area contributed by atoms with Crippen LogP contribution in [0.3, 0.4) is 0 Å². The van der Waals surface area contributed by atoms with Gasteiger partial charge in [0, 0.05) is 30.1 Å². The maximum Gasteiger partial charge on any atom is 0.306 e. The Bertz CT molecular complexity index is 1150. The van der Waals surface area contributed by atoms with E-state index in [1.807, 2.05) is 13.8 Å². The third-order valence-electron chi connectivity index (χ3n) is 11.6. The summed E-state index contributed by atoms with van der Waals surface area (Å²) in [5.74, 6) is -1.29. The number of carbonyl (C=O) groups excluding carboxylic acids is 2. The molecule has 7 heteroatoms. The first-order valence-corrected chi connectivity index (χ1v) is 17.3. The fourth-order valence-corrected chi connectivity index (χ4v) is 9.10. The second-order valence-electron chi connectivity index (χ2n) is 14.8. The number of carbonyl (C=O) groups is 2. The number of aliphatic hydroxyl groups excluding tert-OH is 2. The molecule has 2 bridgehead atoms. The molecule has 0 saturated heterocycles. The van der Waals surface area contributed by atoms with E-state index >= 15 is 0 Å². The van der Waals surface area contributed by atoms with Gasteiger partial charge in [-0.3, -0.25) is 9.59 Å². The summed E-state index contributed by atoms with van der Waals surface area (Å²) in [5, 5.41) is 35.4. The average Bonchev–Trinajstić information content (AvgIpc) is 3.38. The van der Waals surface area contributed by atoms with E-state index in [9.17, 15) is 24.9 Å². The minimum atomic E-state index is -2.19. The number of unbranched alkanes of at least 4 members (excludes halogenated alkanes) is 8. The topological polar surface area (TPSA) is 113 Å². The number of allylic oxidation sites excluding steroid dienone is 2. The van der Waals surface area contributed by atoms with Crippen molar-refractivity contribution < 1.29 is 34.4 Å². The van der Waals surface area contributed by atoms with Crippen molar-refractivity contribution in [2.45, 2.75) is 148 Å². The largest absolute Gasteiger partial charge is 0.491 e. The Labute approximate surface area is 265 Å². The van der Waals surface area contributed by atoms with Crippen LogP contribution >= 0.6 is 0 Å². The summed E-state index contributed by atoms with van der Waals surface area (Å²) in [6, 6.07) is 0. The van der Waals surface area contributed by atoms with E-state index in [1.165, 1.54) is 44.9 Å². The van der Waals surface area contributed by atoms with Crippen LogP contribution < -0.4 is 0 Å². The van der Waals surface area contributed by atoms with Gasteiger partial charge in [-0.1, -0.05) is 105 Å². The fraction of sp³-hybridized carbons (Fsp3) is 0.784.